The van der Waals surface area contributed by atoms with Gasteiger partial charge in [-0.3, -0.25) is 0 Å². The average molecular weight is 284 g/mol. The van der Waals surface area contributed by atoms with Crippen molar-refractivity contribution in [2.75, 3.05) is 6.26 Å². The molecular formula is C13H20N2O3S. The second-order valence-electron chi connectivity index (χ2n) is 4.84. The number of nitrogens with one attached hydrogen (secondary N) is 2. The highest BCUT2D eigenvalue weighted by molar-refractivity contribution is 7.90. The second-order valence-corrected chi connectivity index (χ2v) is 6.85. The average Bonchev–Trinajstić information content (AvgIpc) is 2.26. The largest absolute Gasteiger partial charge is 0.336 e. The van der Waals surface area contributed by atoms with Crippen molar-refractivity contribution in [3.05, 3.63) is 29.8 Å². The van der Waals surface area contributed by atoms with Crippen LogP contribution in [0.25, 0.3) is 0 Å². The first-order valence-electron chi connectivity index (χ1n) is 6.07. The maximum absolute atomic E-state index is 11.5. The van der Waals surface area contributed by atoms with Crippen LogP contribution in [0, 0.1) is 0 Å². The van der Waals surface area contributed by atoms with E-state index in [0.717, 1.165) is 5.56 Å². The number of carbonyl (C=O) groups excluding carboxylic acids is 1. The molecule has 2 N–H and O–H groups in total. The number of hydrogen-bond donors (Lipinski definition) is 2. The van der Waals surface area contributed by atoms with Crippen molar-refractivity contribution in [3.8, 4) is 0 Å². The van der Waals surface area contributed by atoms with Crippen molar-refractivity contribution < 1.29 is 13.2 Å². The minimum Gasteiger partial charge on any atom is -0.336 e. The Morgan fingerprint density at radius 1 is 1.05 bits per heavy atom. The molecule has 0 radical (unpaired) electrons. The fraction of sp³-hybridized carbons (Fsp3) is 0.462. The summed E-state index contributed by atoms with van der Waals surface area (Å²) in [5, 5.41) is 5.52. The second kappa shape index (κ2) is 6.06. The molecule has 0 saturated heterocycles. The van der Waals surface area contributed by atoms with Crippen LogP contribution in [0.2, 0.25) is 0 Å². The molecular weight excluding hydrogens is 264 g/mol. The highest BCUT2D eigenvalue weighted by Crippen LogP contribution is 2.16. The summed E-state index contributed by atoms with van der Waals surface area (Å²) in [6.45, 7) is 5.60. The SMILES string of the molecule is CC(C)NC(=O)N[C@@H](C)c1ccc(S(C)(=O)=O)cc1. The number of rotatable bonds is 4. The molecule has 0 bridgehead atoms. The van der Waals surface area contributed by atoms with E-state index in [0.29, 0.717) is 0 Å². The van der Waals surface area contributed by atoms with Gasteiger partial charge in [0.15, 0.2) is 9.84 Å². The molecule has 0 aliphatic heterocycles. The van der Waals surface area contributed by atoms with Gasteiger partial charge in [0.25, 0.3) is 0 Å². The summed E-state index contributed by atoms with van der Waals surface area (Å²) in [6, 6.07) is 6.14. The maximum Gasteiger partial charge on any atom is 0.315 e. The molecule has 106 valence electrons. The van der Waals surface area contributed by atoms with E-state index in [9.17, 15) is 13.2 Å². The van der Waals surface area contributed by atoms with Gasteiger partial charge in [-0.1, -0.05) is 12.1 Å². The Morgan fingerprint density at radius 3 is 2.00 bits per heavy atom. The van der Waals surface area contributed by atoms with Crippen LogP contribution in [0.15, 0.2) is 29.2 Å². The smallest absolute Gasteiger partial charge is 0.315 e. The standard InChI is InChI=1S/C13H20N2O3S/c1-9(2)14-13(16)15-10(3)11-5-7-12(8-6-11)19(4,17)18/h5-10H,1-4H3,(H2,14,15,16)/t10-/m0/s1. The van der Waals surface area contributed by atoms with Gasteiger partial charge in [0, 0.05) is 12.3 Å². The number of hydrogen-bond acceptors (Lipinski definition) is 3. The number of benzene rings is 1. The maximum atomic E-state index is 11.5. The highest BCUT2D eigenvalue weighted by atomic mass is 32.2. The van der Waals surface area contributed by atoms with Gasteiger partial charge >= 0.3 is 6.03 Å². The Kier molecular flexibility index (Phi) is 4.94. The minimum absolute atomic E-state index is 0.0693. The lowest BCUT2D eigenvalue weighted by Gasteiger charge is -2.16. The fourth-order valence-corrected chi connectivity index (χ4v) is 2.22. The Balaban J connectivity index is 2.73. The Hall–Kier alpha value is -1.56. The molecule has 6 heteroatoms. The van der Waals surface area contributed by atoms with Gasteiger partial charge in [-0.2, -0.15) is 0 Å². The zero-order valence-corrected chi connectivity index (χ0v) is 12.4. The third-order valence-corrected chi connectivity index (χ3v) is 3.70. The number of amides is 2. The van der Waals surface area contributed by atoms with E-state index < -0.39 is 9.84 Å². The summed E-state index contributed by atoms with van der Waals surface area (Å²) >= 11 is 0. The summed E-state index contributed by atoms with van der Waals surface area (Å²) in [4.78, 5) is 11.8. The van der Waals surface area contributed by atoms with Gasteiger partial charge < -0.3 is 10.6 Å². The monoisotopic (exact) mass is 284 g/mol. The number of sulfone groups is 1. The van der Waals surface area contributed by atoms with Gasteiger partial charge in [0.2, 0.25) is 0 Å². The van der Waals surface area contributed by atoms with Crippen molar-refractivity contribution in [2.24, 2.45) is 0 Å². The van der Waals surface area contributed by atoms with Crippen molar-refractivity contribution in [2.45, 2.75) is 37.8 Å². The third kappa shape index (κ3) is 4.90. The van der Waals surface area contributed by atoms with E-state index in [4.69, 9.17) is 0 Å². The lowest BCUT2D eigenvalue weighted by molar-refractivity contribution is 0.235. The molecule has 0 spiro atoms. The predicted molar refractivity (Wildman–Crippen MR) is 74.8 cm³/mol. The lowest BCUT2D eigenvalue weighted by atomic mass is 10.1. The van der Waals surface area contributed by atoms with E-state index in [1.54, 1.807) is 24.3 Å². The van der Waals surface area contributed by atoms with Crippen LogP contribution in [-0.2, 0) is 9.84 Å². The summed E-state index contributed by atoms with van der Waals surface area (Å²) in [6.07, 6.45) is 1.17. The molecule has 0 fully saturated rings. The molecule has 1 atom stereocenters. The fourth-order valence-electron chi connectivity index (χ4n) is 1.59. The molecule has 5 nitrogen and oxygen atoms in total. The predicted octanol–water partition coefficient (Wildman–Crippen LogP) is 1.86. The van der Waals surface area contributed by atoms with Gasteiger partial charge in [0.05, 0.1) is 10.9 Å². The van der Waals surface area contributed by atoms with Crippen LogP contribution in [0.3, 0.4) is 0 Å². The van der Waals surface area contributed by atoms with Crippen LogP contribution in [-0.4, -0.2) is 26.7 Å². The van der Waals surface area contributed by atoms with Gasteiger partial charge in [-0.05, 0) is 38.5 Å². The van der Waals surface area contributed by atoms with Crippen LogP contribution < -0.4 is 10.6 Å². The van der Waals surface area contributed by atoms with Gasteiger partial charge in [-0.15, -0.1) is 0 Å². The van der Waals surface area contributed by atoms with E-state index >= 15 is 0 Å². The highest BCUT2D eigenvalue weighted by Gasteiger charge is 2.12. The van der Waals surface area contributed by atoms with Crippen LogP contribution in [0.5, 0.6) is 0 Å². The first-order valence-corrected chi connectivity index (χ1v) is 7.96. The molecule has 19 heavy (non-hydrogen) atoms. The van der Waals surface area contributed by atoms with Gasteiger partial charge in [0.1, 0.15) is 0 Å². The molecule has 1 rings (SSSR count). The zero-order valence-electron chi connectivity index (χ0n) is 11.6. The van der Waals surface area contributed by atoms with Crippen LogP contribution in [0.1, 0.15) is 32.4 Å². The number of urea groups is 1. The normalized spacial score (nSPS) is 13.1. The summed E-state index contributed by atoms with van der Waals surface area (Å²) in [5.41, 5.74) is 0.853. The van der Waals surface area contributed by atoms with Crippen molar-refractivity contribution >= 4 is 15.9 Å². The first-order chi connectivity index (χ1) is 8.70. The molecule has 1 aromatic rings. The van der Waals surface area contributed by atoms with E-state index in [1.807, 2.05) is 20.8 Å². The lowest BCUT2D eigenvalue weighted by Crippen LogP contribution is -2.40. The van der Waals surface area contributed by atoms with Crippen molar-refractivity contribution in [1.82, 2.24) is 10.6 Å². The molecule has 0 unspecified atom stereocenters. The first kappa shape index (κ1) is 15.5. The van der Waals surface area contributed by atoms with E-state index in [-0.39, 0.29) is 23.0 Å². The summed E-state index contributed by atoms with van der Waals surface area (Å²) < 4.78 is 22.7. The Bertz CT molecular complexity index is 536. The van der Waals surface area contributed by atoms with Crippen molar-refractivity contribution in [1.29, 1.82) is 0 Å². The van der Waals surface area contributed by atoms with Crippen LogP contribution >= 0.6 is 0 Å². The van der Waals surface area contributed by atoms with Crippen molar-refractivity contribution in [3.63, 3.8) is 0 Å². The third-order valence-electron chi connectivity index (χ3n) is 2.58. The molecule has 0 aliphatic rings. The van der Waals surface area contributed by atoms with Gasteiger partial charge in [-0.25, -0.2) is 13.2 Å². The summed E-state index contributed by atoms with van der Waals surface area (Å²) in [5.74, 6) is 0. The Labute approximate surface area is 114 Å². The quantitative estimate of drug-likeness (QED) is 0.886. The topological polar surface area (TPSA) is 75.3 Å². The van der Waals surface area contributed by atoms with E-state index in [1.165, 1.54) is 6.26 Å². The minimum atomic E-state index is -3.18. The molecule has 0 aliphatic carbocycles. The number of carbonyl (C=O) groups is 1. The molecule has 0 heterocycles. The Morgan fingerprint density at radius 2 is 1.58 bits per heavy atom. The molecule has 0 aromatic heterocycles. The summed E-state index contributed by atoms with van der Waals surface area (Å²) in [7, 11) is -3.18. The zero-order chi connectivity index (χ0) is 14.6. The molecule has 0 saturated carbocycles. The molecule has 1 aromatic carbocycles. The van der Waals surface area contributed by atoms with Crippen LogP contribution in [0.4, 0.5) is 4.79 Å². The van der Waals surface area contributed by atoms with E-state index in [2.05, 4.69) is 10.6 Å². The molecule has 2 amide bonds.